The minimum atomic E-state index is -0.613. The molecule has 1 amide bonds. The molecule has 3 heterocycles. The molecular weight excluding hydrogens is 308 g/mol. The van der Waals surface area contributed by atoms with Gasteiger partial charge < -0.3 is 5.73 Å². The van der Waals surface area contributed by atoms with Gasteiger partial charge in [-0.3, -0.25) is 14.7 Å². The lowest BCUT2D eigenvalue weighted by Gasteiger charge is -2.39. The van der Waals surface area contributed by atoms with Crippen molar-refractivity contribution >= 4 is 23.2 Å². The summed E-state index contributed by atoms with van der Waals surface area (Å²) in [4.78, 5) is 23.8. The van der Waals surface area contributed by atoms with Gasteiger partial charge in [-0.25, -0.2) is 4.99 Å². The lowest BCUT2D eigenvalue weighted by atomic mass is 9.80. The van der Waals surface area contributed by atoms with E-state index >= 15 is 0 Å². The summed E-state index contributed by atoms with van der Waals surface area (Å²) in [6, 6.07) is 6.06. The summed E-state index contributed by atoms with van der Waals surface area (Å²) in [5, 5.41) is 2.09. The maximum absolute atomic E-state index is 12.6. The fraction of sp³-hybridized carbons (Fsp3) is 0.353. The molecule has 23 heavy (non-hydrogen) atoms. The van der Waals surface area contributed by atoms with Crippen LogP contribution in [0.4, 0.5) is 0 Å². The van der Waals surface area contributed by atoms with Crippen molar-refractivity contribution in [3.8, 4) is 11.1 Å². The maximum atomic E-state index is 12.6. The molecule has 2 aromatic rings. The molecule has 1 aliphatic heterocycles. The molecule has 5 nitrogen and oxygen atoms in total. The fourth-order valence-corrected chi connectivity index (χ4v) is 4.15. The van der Waals surface area contributed by atoms with Crippen LogP contribution in [0.5, 0.6) is 0 Å². The first kappa shape index (κ1) is 15.7. The van der Waals surface area contributed by atoms with Crippen molar-refractivity contribution in [2.45, 2.75) is 25.8 Å². The zero-order valence-electron chi connectivity index (χ0n) is 13.5. The molecule has 6 heteroatoms. The highest BCUT2D eigenvalue weighted by Gasteiger charge is 2.45. The lowest BCUT2D eigenvalue weighted by molar-refractivity contribution is -0.134. The summed E-state index contributed by atoms with van der Waals surface area (Å²) in [7, 11) is 1.68. The van der Waals surface area contributed by atoms with Crippen LogP contribution in [0.2, 0.25) is 0 Å². The van der Waals surface area contributed by atoms with Gasteiger partial charge in [0.15, 0.2) is 5.96 Å². The molecule has 1 unspecified atom stereocenters. The Morgan fingerprint density at radius 1 is 1.35 bits per heavy atom. The zero-order chi connectivity index (χ0) is 16.6. The Morgan fingerprint density at radius 3 is 2.70 bits per heavy atom. The van der Waals surface area contributed by atoms with E-state index in [0.29, 0.717) is 0 Å². The van der Waals surface area contributed by atoms with Crippen LogP contribution in [-0.4, -0.2) is 28.8 Å². The summed E-state index contributed by atoms with van der Waals surface area (Å²) in [6.45, 7) is 4.02. The number of hydrogen-bond acceptors (Lipinski definition) is 5. The normalized spacial score (nSPS) is 24.7. The highest BCUT2D eigenvalue weighted by atomic mass is 32.1. The molecule has 0 spiro atoms. The molecule has 1 aliphatic rings. The second-order valence-electron chi connectivity index (χ2n) is 5.91. The number of amides is 1. The highest BCUT2D eigenvalue weighted by Crippen LogP contribution is 2.43. The molecular formula is C17H20N4OS. The molecule has 0 aromatic carbocycles. The van der Waals surface area contributed by atoms with Crippen LogP contribution in [0.15, 0.2) is 41.0 Å². The van der Waals surface area contributed by atoms with E-state index in [1.165, 1.54) is 4.90 Å². The Kier molecular flexibility index (Phi) is 3.93. The number of nitrogens with two attached hydrogens (primary N) is 1. The molecule has 0 radical (unpaired) electrons. The van der Waals surface area contributed by atoms with E-state index in [1.54, 1.807) is 30.8 Å². The number of rotatable bonds is 3. The number of thiophene rings is 1. The molecule has 0 saturated carbocycles. The molecule has 0 saturated heterocycles. The van der Waals surface area contributed by atoms with Gasteiger partial charge >= 0.3 is 0 Å². The van der Waals surface area contributed by atoms with E-state index in [9.17, 15) is 4.79 Å². The smallest absolute Gasteiger partial charge is 0.234 e. The number of nitrogens with zero attached hydrogens (tertiary/aromatic N) is 3. The van der Waals surface area contributed by atoms with Gasteiger partial charge in [-0.2, -0.15) is 0 Å². The van der Waals surface area contributed by atoms with Crippen molar-refractivity contribution in [1.82, 2.24) is 9.88 Å². The van der Waals surface area contributed by atoms with Crippen LogP contribution in [0, 0.1) is 5.92 Å². The van der Waals surface area contributed by atoms with Crippen LogP contribution < -0.4 is 5.73 Å². The largest absolute Gasteiger partial charge is 0.369 e. The van der Waals surface area contributed by atoms with Crippen LogP contribution >= 0.6 is 11.3 Å². The minimum absolute atomic E-state index is 0.0290. The van der Waals surface area contributed by atoms with E-state index in [4.69, 9.17) is 5.73 Å². The third kappa shape index (κ3) is 2.53. The first-order valence-electron chi connectivity index (χ1n) is 7.59. The van der Waals surface area contributed by atoms with Crippen molar-refractivity contribution in [3.05, 3.63) is 40.8 Å². The number of carbonyl (C=O) groups is 1. The van der Waals surface area contributed by atoms with E-state index in [-0.39, 0.29) is 17.8 Å². The Bertz CT molecular complexity index is 755. The van der Waals surface area contributed by atoms with E-state index in [0.717, 1.165) is 22.4 Å². The van der Waals surface area contributed by atoms with Crippen LogP contribution in [0.25, 0.3) is 11.1 Å². The highest BCUT2D eigenvalue weighted by molar-refractivity contribution is 7.10. The molecule has 0 fully saturated rings. The molecule has 120 valence electrons. The summed E-state index contributed by atoms with van der Waals surface area (Å²) in [6.07, 6.45) is 4.27. The van der Waals surface area contributed by atoms with Gasteiger partial charge in [0.2, 0.25) is 5.91 Å². The Hall–Kier alpha value is -2.21. The predicted molar refractivity (Wildman–Crippen MR) is 93.1 cm³/mol. The van der Waals surface area contributed by atoms with Crippen molar-refractivity contribution in [2.75, 3.05) is 7.05 Å². The van der Waals surface area contributed by atoms with Gasteiger partial charge in [0.05, 0.1) is 5.92 Å². The number of hydrogen-bond donors (Lipinski definition) is 1. The molecule has 2 N–H and O–H groups in total. The number of aromatic nitrogens is 1. The second kappa shape index (κ2) is 5.77. The topological polar surface area (TPSA) is 71.6 Å². The van der Waals surface area contributed by atoms with Gasteiger partial charge in [0, 0.05) is 24.3 Å². The average Bonchev–Trinajstić information content (AvgIpc) is 3.05. The fourth-order valence-electron chi connectivity index (χ4n) is 3.07. The number of aliphatic imine (C=N–C) groups is 1. The summed E-state index contributed by atoms with van der Waals surface area (Å²) in [5.74, 6) is 0.103. The molecule has 2 aromatic heterocycles. The van der Waals surface area contributed by atoms with Gasteiger partial charge in [0.25, 0.3) is 0 Å². The van der Waals surface area contributed by atoms with Crippen LogP contribution in [-0.2, 0) is 10.3 Å². The number of carbonyl (C=O) groups excluding carboxylic acids is 1. The predicted octanol–water partition coefficient (Wildman–Crippen LogP) is 2.84. The van der Waals surface area contributed by atoms with E-state index < -0.39 is 5.54 Å². The Balaban J connectivity index is 2.06. The molecule has 3 rings (SSSR count). The SMILES string of the molecule is CCC1C(=O)N(C)C(N)=N[C@]1(C)c1cc(-c2ccncc2)cs1. The van der Waals surface area contributed by atoms with Gasteiger partial charge in [-0.15, -0.1) is 11.3 Å². The van der Waals surface area contributed by atoms with Gasteiger partial charge in [-0.05, 0) is 48.1 Å². The Labute approximate surface area is 139 Å². The Morgan fingerprint density at radius 2 is 2.04 bits per heavy atom. The lowest BCUT2D eigenvalue weighted by Crippen LogP contribution is -2.53. The molecule has 0 aliphatic carbocycles. The van der Waals surface area contributed by atoms with Crippen LogP contribution in [0.3, 0.4) is 0 Å². The van der Waals surface area contributed by atoms with Crippen LogP contribution in [0.1, 0.15) is 25.1 Å². The van der Waals surface area contributed by atoms with E-state index in [1.807, 2.05) is 26.0 Å². The quantitative estimate of drug-likeness (QED) is 0.941. The van der Waals surface area contributed by atoms with Gasteiger partial charge in [0.1, 0.15) is 5.54 Å². The third-order valence-electron chi connectivity index (χ3n) is 4.52. The number of pyridine rings is 1. The zero-order valence-corrected chi connectivity index (χ0v) is 14.3. The maximum Gasteiger partial charge on any atom is 0.234 e. The number of guanidine groups is 1. The first-order valence-corrected chi connectivity index (χ1v) is 8.47. The third-order valence-corrected chi connectivity index (χ3v) is 5.67. The van der Waals surface area contributed by atoms with Crippen molar-refractivity contribution < 1.29 is 4.79 Å². The van der Waals surface area contributed by atoms with Crippen molar-refractivity contribution in [3.63, 3.8) is 0 Å². The molecule has 0 bridgehead atoms. The first-order chi connectivity index (χ1) is 11.0. The minimum Gasteiger partial charge on any atom is -0.369 e. The summed E-state index contributed by atoms with van der Waals surface area (Å²) in [5.41, 5.74) is 7.58. The van der Waals surface area contributed by atoms with Crippen molar-refractivity contribution in [1.29, 1.82) is 0 Å². The monoisotopic (exact) mass is 328 g/mol. The van der Waals surface area contributed by atoms with Gasteiger partial charge in [-0.1, -0.05) is 6.92 Å². The summed E-state index contributed by atoms with van der Waals surface area (Å²) < 4.78 is 0. The van der Waals surface area contributed by atoms with Crippen molar-refractivity contribution in [2.24, 2.45) is 16.6 Å². The second-order valence-corrected chi connectivity index (χ2v) is 6.82. The summed E-state index contributed by atoms with van der Waals surface area (Å²) >= 11 is 1.62. The standard InChI is InChI=1S/C17H20N4OS/c1-4-13-15(22)21(3)16(18)20-17(13,2)14-9-12(10-23-14)11-5-7-19-8-6-11/h5-10,13H,4H2,1-3H3,(H2,18,20)/t13?,17-/m0/s1. The molecule has 2 atom stereocenters. The average molecular weight is 328 g/mol. The van der Waals surface area contributed by atoms with E-state index in [2.05, 4.69) is 21.4 Å².